The Labute approximate surface area is 133 Å². The van der Waals surface area contributed by atoms with Crippen molar-refractivity contribution in [3.8, 4) is 5.75 Å². The molecule has 2 aromatic carbocycles. The zero-order valence-electron chi connectivity index (χ0n) is 13.2. The van der Waals surface area contributed by atoms with E-state index in [0.29, 0.717) is 23.0 Å². The highest BCUT2D eigenvalue weighted by Gasteiger charge is 2.14. The first-order chi connectivity index (χ1) is 11.0. The van der Waals surface area contributed by atoms with Crippen molar-refractivity contribution in [1.82, 2.24) is 9.97 Å². The second kappa shape index (κ2) is 5.72. The molecule has 23 heavy (non-hydrogen) atoms. The Morgan fingerprint density at radius 2 is 1.91 bits per heavy atom. The van der Waals surface area contributed by atoms with E-state index in [-0.39, 0.29) is 5.75 Å². The van der Waals surface area contributed by atoms with Gasteiger partial charge >= 0.3 is 0 Å². The number of aromatic nitrogens is 2. The molecule has 0 bridgehead atoms. The lowest BCUT2D eigenvalue weighted by molar-refractivity contribution is 0.386. The van der Waals surface area contributed by atoms with E-state index in [1.165, 1.54) is 13.2 Å². The van der Waals surface area contributed by atoms with Gasteiger partial charge in [0.1, 0.15) is 11.6 Å². The molecular weight excluding hydrogens is 295 g/mol. The van der Waals surface area contributed by atoms with Crippen LogP contribution in [0.25, 0.3) is 10.9 Å². The summed E-state index contributed by atoms with van der Waals surface area (Å²) in [4.78, 5) is 10.7. The normalized spacial score (nSPS) is 10.8. The van der Waals surface area contributed by atoms with Gasteiger partial charge in [0.05, 0.1) is 12.6 Å². The summed E-state index contributed by atoms with van der Waals surface area (Å²) in [6, 6.07) is 10.2. The lowest BCUT2D eigenvalue weighted by Crippen LogP contribution is -2.13. The topological polar surface area (TPSA) is 64.3 Å². The van der Waals surface area contributed by atoms with Gasteiger partial charge in [-0.05, 0) is 37.3 Å². The van der Waals surface area contributed by atoms with Crippen molar-refractivity contribution >= 4 is 28.1 Å². The fourth-order valence-corrected chi connectivity index (χ4v) is 2.48. The Hall–Kier alpha value is -2.89. The first-order valence-corrected chi connectivity index (χ1v) is 7.10. The van der Waals surface area contributed by atoms with Crippen LogP contribution in [0.1, 0.15) is 5.82 Å². The number of benzene rings is 2. The number of fused-ring (bicyclic) bond motifs is 1. The van der Waals surface area contributed by atoms with Gasteiger partial charge in [-0.3, -0.25) is 0 Å². The summed E-state index contributed by atoms with van der Waals surface area (Å²) >= 11 is 0. The fraction of sp³-hybridized carbons (Fsp3) is 0.176. The maximum Gasteiger partial charge on any atom is 0.167 e. The van der Waals surface area contributed by atoms with Gasteiger partial charge in [-0.25, -0.2) is 14.4 Å². The van der Waals surface area contributed by atoms with E-state index in [9.17, 15) is 4.39 Å². The molecule has 3 rings (SSSR count). The summed E-state index contributed by atoms with van der Waals surface area (Å²) in [5.41, 5.74) is 7.96. The molecule has 118 valence electrons. The number of hydrogen-bond acceptors (Lipinski definition) is 5. The summed E-state index contributed by atoms with van der Waals surface area (Å²) in [5, 5.41) is 0.814. The summed E-state index contributed by atoms with van der Waals surface area (Å²) in [7, 11) is 3.26. The number of nitrogens with two attached hydrogens (primary N) is 1. The third-order valence-electron chi connectivity index (χ3n) is 3.65. The molecule has 0 aliphatic heterocycles. The van der Waals surface area contributed by atoms with Crippen LogP contribution in [0.4, 0.5) is 21.6 Å². The van der Waals surface area contributed by atoms with Crippen molar-refractivity contribution in [1.29, 1.82) is 0 Å². The number of methoxy groups -OCH3 is 1. The van der Waals surface area contributed by atoms with Crippen LogP contribution in [-0.4, -0.2) is 24.1 Å². The van der Waals surface area contributed by atoms with Crippen LogP contribution in [0.3, 0.4) is 0 Å². The van der Waals surface area contributed by atoms with Crippen molar-refractivity contribution < 1.29 is 9.13 Å². The Morgan fingerprint density at radius 3 is 2.61 bits per heavy atom. The molecule has 0 amide bonds. The van der Waals surface area contributed by atoms with Gasteiger partial charge in [0.25, 0.3) is 0 Å². The molecule has 5 nitrogen and oxygen atoms in total. The summed E-state index contributed by atoms with van der Waals surface area (Å²) in [6.45, 7) is 1.82. The van der Waals surface area contributed by atoms with Crippen LogP contribution >= 0.6 is 0 Å². The largest absolute Gasteiger partial charge is 0.494 e. The zero-order chi connectivity index (χ0) is 16.6. The highest BCUT2D eigenvalue weighted by Crippen LogP contribution is 2.31. The lowest BCUT2D eigenvalue weighted by atomic mass is 10.2. The summed E-state index contributed by atoms with van der Waals surface area (Å²) in [6.07, 6.45) is 0. The molecule has 6 heteroatoms. The van der Waals surface area contributed by atoms with Gasteiger partial charge in [-0.1, -0.05) is 0 Å². The first kappa shape index (κ1) is 15.0. The highest BCUT2D eigenvalue weighted by molar-refractivity contribution is 5.93. The number of rotatable bonds is 3. The maximum absolute atomic E-state index is 14.0. The molecule has 0 spiro atoms. The molecule has 0 atom stereocenters. The number of halogens is 1. The average Bonchev–Trinajstić information content (AvgIpc) is 2.53. The van der Waals surface area contributed by atoms with Crippen molar-refractivity contribution in [3.05, 3.63) is 48.0 Å². The number of hydrogen-bond donors (Lipinski definition) is 1. The smallest absolute Gasteiger partial charge is 0.167 e. The van der Waals surface area contributed by atoms with Crippen molar-refractivity contribution in [2.24, 2.45) is 0 Å². The number of anilines is 3. The van der Waals surface area contributed by atoms with Crippen LogP contribution in [-0.2, 0) is 0 Å². The van der Waals surface area contributed by atoms with Gasteiger partial charge in [0.15, 0.2) is 11.6 Å². The predicted octanol–water partition coefficient (Wildman–Crippen LogP) is 3.44. The molecular formula is C17H17FN4O. The van der Waals surface area contributed by atoms with E-state index in [1.807, 2.05) is 26.1 Å². The van der Waals surface area contributed by atoms with E-state index >= 15 is 0 Å². The van der Waals surface area contributed by atoms with E-state index in [2.05, 4.69) is 9.97 Å². The third-order valence-corrected chi connectivity index (χ3v) is 3.65. The van der Waals surface area contributed by atoms with Crippen molar-refractivity contribution in [2.45, 2.75) is 6.92 Å². The Kier molecular flexibility index (Phi) is 3.73. The number of ether oxygens (including phenoxy) is 1. The minimum atomic E-state index is -0.425. The monoisotopic (exact) mass is 312 g/mol. The molecule has 0 aliphatic carbocycles. The summed E-state index contributed by atoms with van der Waals surface area (Å²) in [5.74, 6) is 1.09. The third kappa shape index (κ3) is 2.75. The molecule has 1 aromatic heterocycles. The average molecular weight is 312 g/mol. The molecule has 2 N–H and O–H groups in total. The zero-order valence-corrected chi connectivity index (χ0v) is 13.2. The molecule has 0 unspecified atom stereocenters. The minimum Gasteiger partial charge on any atom is -0.494 e. The quantitative estimate of drug-likeness (QED) is 0.751. The van der Waals surface area contributed by atoms with E-state index in [4.69, 9.17) is 10.5 Å². The van der Waals surface area contributed by atoms with Crippen LogP contribution in [0.2, 0.25) is 0 Å². The van der Waals surface area contributed by atoms with Gasteiger partial charge in [0, 0.05) is 29.9 Å². The van der Waals surface area contributed by atoms with E-state index in [0.717, 1.165) is 10.9 Å². The molecule has 0 saturated heterocycles. The number of nitrogens with zero attached hydrogens (tertiary/aromatic N) is 3. The Morgan fingerprint density at radius 1 is 1.13 bits per heavy atom. The molecule has 0 fully saturated rings. The van der Waals surface area contributed by atoms with Crippen LogP contribution in [0.15, 0.2) is 36.4 Å². The van der Waals surface area contributed by atoms with E-state index < -0.39 is 5.82 Å². The van der Waals surface area contributed by atoms with Gasteiger partial charge in [-0.2, -0.15) is 0 Å². The van der Waals surface area contributed by atoms with E-state index in [1.54, 1.807) is 23.1 Å². The Balaban J connectivity index is 2.15. The molecule has 1 heterocycles. The number of aryl methyl sites for hydroxylation is 1. The van der Waals surface area contributed by atoms with Crippen LogP contribution in [0, 0.1) is 12.7 Å². The lowest BCUT2D eigenvalue weighted by Gasteiger charge is -2.21. The minimum absolute atomic E-state index is 0.204. The van der Waals surface area contributed by atoms with Crippen molar-refractivity contribution in [2.75, 3.05) is 24.8 Å². The molecule has 0 aliphatic rings. The summed E-state index contributed by atoms with van der Waals surface area (Å²) < 4.78 is 18.9. The maximum atomic E-state index is 14.0. The van der Waals surface area contributed by atoms with Crippen LogP contribution in [0.5, 0.6) is 5.75 Å². The first-order valence-electron chi connectivity index (χ1n) is 7.10. The molecule has 3 aromatic rings. The fourth-order valence-electron chi connectivity index (χ4n) is 2.48. The number of nitrogen functional groups attached to an aromatic ring is 1. The SMILES string of the molecule is COc1ccc(N(C)c2nc(C)nc3ccc(N)cc23)cc1F. The molecule has 0 saturated carbocycles. The second-order valence-electron chi connectivity index (χ2n) is 5.25. The van der Waals surface area contributed by atoms with Gasteiger partial charge < -0.3 is 15.4 Å². The van der Waals surface area contributed by atoms with Gasteiger partial charge in [0.2, 0.25) is 0 Å². The highest BCUT2D eigenvalue weighted by atomic mass is 19.1. The molecule has 0 radical (unpaired) electrons. The van der Waals surface area contributed by atoms with Crippen molar-refractivity contribution in [3.63, 3.8) is 0 Å². The predicted molar refractivity (Wildman–Crippen MR) is 89.7 cm³/mol. The standard InChI is InChI=1S/C17H17FN4O/c1-10-20-15-6-4-11(19)8-13(15)17(21-10)22(2)12-5-7-16(23-3)14(18)9-12/h4-9H,19H2,1-3H3. The second-order valence-corrected chi connectivity index (χ2v) is 5.25. The van der Waals surface area contributed by atoms with Gasteiger partial charge in [-0.15, -0.1) is 0 Å². The Bertz CT molecular complexity index is 882. The van der Waals surface area contributed by atoms with Crippen LogP contribution < -0.4 is 15.4 Å².